The number of rotatable bonds is 5. The monoisotopic (exact) mass is 267 g/mol. The van der Waals surface area contributed by atoms with E-state index in [2.05, 4.69) is 74.6 Å². The molecule has 1 N–H and O–H groups in total. The Morgan fingerprint density at radius 3 is 2.20 bits per heavy atom. The van der Waals surface area contributed by atoms with Crippen LogP contribution in [-0.2, 0) is 6.42 Å². The Balaban J connectivity index is 2.25. The number of hydrogen-bond donors (Lipinski definition) is 1. The maximum Gasteiger partial charge on any atom is 0.0375 e. The van der Waals surface area contributed by atoms with Crippen LogP contribution in [0.25, 0.3) is 0 Å². The minimum absolute atomic E-state index is 0.572. The van der Waals surface area contributed by atoms with Gasteiger partial charge in [-0.3, -0.25) is 0 Å². The van der Waals surface area contributed by atoms with Crippen molar-refractivity contribution in [2.45, 2.75) is 33.1 Å². The Morgan fingerprint density at radius 2 is 1.60 bits per heavy atom. The first-order chi connectivity index (χ1) is 9.61. The standard InChI is InChI=1S/C19H25N/c1-14(2)15(3)18-11-10-17(13-19(18)20-4)12-16-8-6-5-7-9-16/h5-11,13-15,20H,12H2,1-4H3. The SMILES string of the molecule is CNc1cc(Cc2ccccc2)ccc1C(C)C(C)C. The highest BCUT2D eigenvalue weighted by Gasteiger charge is 2.14. The fourth-order valence-corrected chi connectivity index (χ4v) is 2.52. The Kier molecular flexibility index (Phi) is 4.84. The summed E-state index contributed by atoms with van der Waals surface area (Å²) < 4.78 is 0. The van der Waals surface area contributed by atoms with Crippen LogP contribution in [0.15, 0.2) is 48.5 Å². The minimum atomic E-state index is 0.572. The van der Waals surface area contributed by atoms with Gasteiger partial charge in [0.2, 0.25) is 0 Å². The molecule has 0 radical (unpaired) electrons. The van der Waals surface area contributed by atoms with Crippen LogP contribution in [0.4, 0.5) is 5.69 Å². The van der Waals surface area contributed by atoms with Gasteiger partial charge in [0.05, 0.1) is 0 Å². The smallest absolute Gasteiger partial charge is 0.0375 e. The highest BCUT2D eigenvalue weighted by Crippen LogP contribution is 2.31. The Morgan fingerprint density at radius 1 is 0.900 bits per heavy atom. The van der Waals surface area contributed by atoms with Gasteiger partial charge in [-0.25, -0.2) is 0 Å². The fourth-order valence-electron chi connectivity index (χ4n) is 2.52. The van der Waals surface area contributed by atoms with Gasteiger partial charge >= 0.3 is 0 Å². The topological polar surface area (TPSA) is 12.0 Å². The van der Waals surface area contributed by atoms with Crippen molar-refractivity contribution >= 4 is 5.69 Å². The molecule has 20 heavy (non-hydrogen) atoms. The lowest BCUT2D eigenvalue weighted by Gasteiger charge is -2.20. The van der Waals surface area contributed by atoms with Gasteiger partial charge in [0.15, 0.2) is 0 Å². The molecule has 0 spiro atoms. The average molecular weight is 267 g/mol. The van der Waals surface area contributed by atoms with Crippen LogP contribution in [0.1, 0.15) is 43.4 Å². The number of hydrogen-bond acceptors (Lipinski definition) is 1. The van der Waals surface area contributed by atoms with Gasteiger partial charge in [-0.05, 0) is 41.0 Å². The maximum atomic E-state index is 3.36. The molecule has 0 aliphatic rings. The van der Waals surface area contributed by atoms with Crippen LogP contribution in [0.2, 0.25) is 0 Å². The summed E-state index contributed by atoms with van der Waals surface area (Å²) in [5.74, 6) is 1.23. The van der Waals surface area contributed by atoms with Crippen molar-refractivity contribution in [1.82, 2.24) is 0 Å². The van der Waals surface area contributed by atoms with Crippen molar-refractivity contribution < 1.29 is 0 Å². The van der Waals surface area contributed by atoms with Crippen molar-refractivity contribution in [3.8, 4) is 0 Å². The summed E-state index contributed by atoms with van der Waals surface area (Å²) in [4.78, 5) is 0. The maximum absolute atomic E-state index is 3.36. The largest absolute Gasteiger partial charge is 0.388 e. The van der Waals surface area contributed by atoms with Crippen molar-refractivity contribution in [2.24, 2.45) is 5.92 Å². The quantitative estimate of drug-likeness (QED) is 0.796. The first-order valence-corrected chi connectivity index (χ1v) is 7.46. The first kappa shape index (κ1) is 14.6. The molecule has 1 nitrogen and oxygen atoms in total. The molecule has 106 valence electrons. The van der Waals surface area contributed by atoms with E-state index in [4.69, 9.17) is 0 Å². The lowest BCUT2D eigenvalue weighted by atomic mass is 9.88. The molecule has 0 saturated carbocycles. The second-order valence-corrected chi connectivity index (χ2v) is 5.87. The molecule has 0 aliphatic carbocycles. The van der Waals surface area contributed by atoms with Crippen LogP contribution >= 0.6 is 0 Å². The fraction of sp³-hybridized carbons (Fsp3) is 0.368. The molecule has 2 aromatic rings. The van der Waals surface area contributed by atoms with Gasteiger partial charge in [-0.1, -0.05) is 63.2 Å². The molecule has 1 unspecified atom stereocenters. The van der Waals surface area contributed by atoms with Crippen molar-refractivity contribution in [1.29, 1.82) is 0 Å². The molecule has 0 saturated heterocycles. The molecule has 0 aliphatic heterocycles. The highest BCUT2D eigenvalue weighted by atomic mass is 14.8. The second kappa shape index (κ2) is 6.60. The Labute approximate surface area is 123 Å². The zero-order valence-electron chi connectivity index (χ0n) is 13.0. The van der Waals surface area contributed by atoms with Crippen LogP contribution in [0.5, 0.6) is 0 Å². The van der Waals surface area contributed by atoms with Gasteiger partial charge in [0, 0.05) is 12.7 Å². The Hall–Kier alpha value is -1.76. The van der Waals surface area contributed by atoms with E-state index in [1.165, 1.54) is 22.4 Å². The zero-order valence-corrected chi connectivity index (χ0v) is 13.0. The van der Waals surface area contributed by atoms with Crippen LogP contribution < -0.4 is 5.32 Å². The molecular weight excluding hydrogens is 242 g/mol. The third kappa shape index (κ3) is 3.41. The molecule has 2 rings (SSSR count). The summed E-state index contributed by atoms with van der Waals surface area (Å²) >= 11 is 0. The van der Waals surface area contributed by atoms with Gasteiger partial charge in [0.25, 0.3) is 0 Å². The lowest BCUT2D eigenvalue weighted by molar-refractivity contribution is 0.536. The van der Waals surface area contributed by atoms with Crippen LogP contribution in [-0.4, -0.2) is 7.05 Å². The van der Waals surface area contributed by atoms with E-state index in [-0.39, 0.29) is 0 Å². The van der Waals surface area contributed by atoms with E-state index in [0.29, 0.717) is 11.8 Å². The molecule has 0 aromatic heterocycles. The molecular formula is C19H25N. The van der Waals surface area contributed by atoms with Crippen LogP contribution in [0, 0.1) is 5.92 Å². The van der Waals surface area contributed by atoms with Gasteiger partial charge in [0.1, 0.15) is 0 Å². The van der Waals surface area contributed by atoms with Crippen molar-refractivity contribution in [3.63, 3.8) is 0 Å². The molecule has 0 bridgehead atoms. The molecule has 0 heterocycles. The van der Waals surface area contributed by atoms with E-state index in [0.717, 1.165) is 6.42 Å². The first-order valence-electron chi connectivity index (χ1n) is 7.46. The van der Waals surface area contributed by atoms with E-state index in [9.17, 15) is 0 Å². The van der Waals surface area contributed by atoms with Gasteiger partial charge < -0.3 is 5.32 Å². The molecule has 0 fully saturated rings. The normalized spacial score (nSPS) is 12.4. The predicted octanol–water partition coefficient (Wildman–Crippen LogP) is 5.08. The third-order valence-electron chi connectivity index (χ3n) is 4.13. The zero-order chi connectivity index (χ0) is 14.5. The number of anilines is 1. The summed E-state index contributed by atoms with van der Waals surface area (Å²) in [6.07, 6.45) is 0.992. The van der Waals surface area contributed by atoms with Gasteiger partial charge in [-0.2, -0.15) is 0 Å². The molecule has 1 atom stereocenters. The Bertz CT molecular complexity index is 543. The van der Waals surface area contributed by atoms with E-state index < -0.39 is 0 Å². The lowest BCUT2D eigenvalue weighted by Crippen LogP contribution is -2.06. The highest BCUT2D eigenvalue weighted by molar-refractivity contribution is 5.55. The number of benzene rings is 2. The molecule has 2 aromatic carbocycles. The number of nitrogens with one attached hydrogen (secondary N) is 1. The summed E-state index contributed by atoms with van der Waals surface area (Å²) in [5, 5.41) is 3.36. The average Bonchev–Trinajstić information content (AvgIpc) is 2.47. The van der Waals surface area contributed by atoms with Crippen molar-refractivity contribution in [2.75, 3.05) is 12.4 Å². The van der Waals surface area contributed by atoms with E-state index >= 15 is 0 Å². The second-order valence-electron chi connectivity index (χ2n) is 5.87. The third-order valence-corrected chi connectivity index (χ3v) is 4.13. The van der Waals surface area contributed by atoms with Crippen LogP contribution in [0.3, 0.4) is 0 Å². The van der Waals surface area contributed by atoms with Crippen molar-refractivity contribution in [3.05, 3.63) is 65.2 Å². The summed E-state index contributed by atoms with van der Waals surface area (Å²) in [6, 6.07) is 17.5. The summed E-state index contributed by atoms with van der Waals surface area (Å²) in [5.41, 5.74) is 5.40. The summed E-state index contributed by atoms with van der Waals surface area (Å²) in [6.45, 7) is 6.86. The minimum Gasteiger partial charge on any atom is -0.388 e. The molecule has 1 heteroatoms. The predicted molar refractivity (Wildman–Crippen MR) is 88.5 cm³/mol. The summed E-state index contributed by atoms with van der Waals surface area (Å²) in [7, 11) is 2.01. The van der Waals surface area contributed by atoms with Gasteiger partial charge in [-0.15, -0.1) is 0 Å². The molecule has 0 amide bonds. The van der Waals surface area contributed by atoms with E-state index in [1.807, 2.05) is 7.05 Å². The van der Waals surface area contributed by atoms with E-state index in [1.54, 1.807) is 0 Å².